The summed E-state index contributed by atoms with van der Waals surface area (Å²) >= 11 is 0. The van der Waals surface area contributed by atoms with Gasteiger partial charge in [-0.25, -0.2) is 0 Å². The average molecular weight is 725 g/mol. The van der Waals surface area contributed by atoms with Crippen LogP contribution < -0.4 is 9.47 Å². The van der Waals surface area contributed by atoms with Crippen molar-refractivity contribution in [2.24, 2.45) is 0 Å². The van der Waals surface area contributed by atoms with Crippen molar-refractivity contribution >= 4 is 0 Å². The third-order valence-corrected chi connectivity index (χ3v) is 12.0. The van der Waals surface area contributed by atoms with Gasteiger partial charge in [-0.2, -0.15) is 0 Å². The van der Waals surface area contributed by atoms with E-state index in [-0.39, 0.29) is 0 Å². The summed E-state index contributed by atoms with van der Waals surface area (Å²) in [5.41, 5.74) is 14.9. The minimum atomic E-state index is -0.486. The second-order valence-electron chi connectivity index (χ2n) is 15.7. The molecule has 55 heavy (non-hydrogen) atoms. The Hall–Kier alpha value is -5.08. The zero-order valence-electron chi connectivity index (χ0n) is 32.9. The summed E-state index contributed by atoms with van der Waals surface area (Å²) in [4.78, 5) is 0. The van der Waals surface area contributed by atoms with Crippen LogP contribution in [0.5, 0.6) is 11.5 Å². The normalized spacial score (nSPS) is 13.0. The van der Waals surface area contributed by atoms with Gasteiger partial charge in [-0.1, -0.05) is 175 Å². The lowest BCUT2D eigenvalue weighted by Crippen LogP contribution is -2.26. The van der Waals surface area contributed by atoms with Gasteiger partial charge in [0.05, 0.1) is 18.6 Å². The van der Waals surface area contributed by atoms with Gasteiger partial charge in [0.2, 0.25) is 0 Å². The Morgan fingerprint density at radius 2 is 0.764 bits per heavy atom. The summed E-state index contributed by atoms with van der Waals surface area (Å²) in [5, 5.41) is 0. The van der Waals surface area contributed by atoms with Crippen LogP contribution >= 0.6 is 0 Å². The third kappa shape index (κ3) is 7.37. The van der Waals surface area contributed by atoms with Crippen LogP contribution in [0.2, 0.25) is 0 Å². The Kier molecular flexibility index (Phi) is 11.5. The highest BCUT2D eigenvalue weighted by atomic mass is 16.5. The Bertz CT molecular complexity index is 2040. The van der Waals surface area contributed by atoms with Crippen LogP contribution in [0.4, 0.5) is 0 Å². The molecule has 0 atom stereocenters. The molecule has 0 bridgehead atoms. The van der Waals surface area contributed by atoms with Gasteiger partial charge in [0.25, 0.3) is 0 Å². The monoisotopic (exact) mass is 724 g/mol. The fourth-order valence-corrected chi connectivity index (χ4v) is 9.14. The lowest BCUT2D eigenvalue weighted by atomic mass is 9.70. The fraction of sp³-hybridized carbons (Fsp3) is 0.321. The maximum absolute atomic E-state index is 6.52. The Labute approximate surface area is 329 Å². The molecule has 2 aliphatic rings. The largest absolute Gasteiger partial charge is 0.494 e. The molecule has 8 rings (SSSR count). The highest BCUT2D eigenvalue weighted by Crippen LogP contribution is 2.64. The van der Waals surface area contributed by atoms with Crippen LogP contribution in [0, 0.1) is 0 Å². The van der Waals surface area contributed by atoms with E-state index in [1.807, 2.05) is 0 Å². The molecule has 2 heteroatoms. The minimum Gasteiger partial charge on any atom is -0.494 e. The van der Waals surface area contributed by atoms with Crippen LogP contribution in [0.25, 0.3) is 44.5 Å². The molecule has 2 aliphatic carbocycles. The molecule has 0 saturated carbocycles. The number of hydrogen-bond donors (Lipinski definition) is 0. The van der Waals surface area contributed by atoms with E-state index in [0.29, 0.717) is 0 Å². The summed E-state index contributed by atoms with van der Waals surface area (Å²) in [5.74, 6) is 1.89. The number of rotatable bonds is 18. The van der Waals surface area contributed by atoms with Crippen molar-refractivity contribution in [2.45, 2.75) is 96.3 Å². The molecule has 280 valence electrons. The molecule has 0 fully saturated rings. The first-order valence-electron chi connectivity index (χ1n) is 21.2. The SMILES string of the molecule is CCCCCCCCOc1ccc2c(c1)-c1cc(OCCCCCCCC)ccc1C21c2cc(-c3ccccc3)ccc2-c2ccc(-c3ccccc3)cc21. The second kappa shape index (κ2) is 17.2. The first-order chi connectivity index (χ1) is 27.2. The van der Waals surface area contributed by atoms with Crippen molar-refractivity contribution in [2.75, 3.05) is 13.2 Å². The van der Waals surface area contributed by atoms with Gasteiger partial charge in [-0.05, 0) is 116 Å². The van der Waals surface area contributed by atoms with E-state index in [1.54, 1.807) is 0 Å². The van der Waals surface area contributed by atoms with E-state index in [2.05, 4.69) is 147 Å². The third-order valence-electron chi connectivity index (χ3n) is 12.0. The van der Waals surface area contributed by atoms with Crippen molar-refractivity contribution < 1.29 is 9.47 Å². The van der Waals surface area contributed by atoms with E-state index in [1.165, 1.54) is 131 Å². The molecule has 0 aromatic heterocycles. The molecular formula is C53H56O2. The molecule has 0 radical (unpaired) electrons. The van der Waals surface area contributed by atoms with Crippen LogP contribution in [0.1, 0.15) is 113 Å². The van der Waals surface area contributed by atoms with Gasteiger partial charge in [0, 0.05) is 0 Å². The fourth-order valence-electron chi connectivity index (χ4n) is 9.14. The van der Waals surface area contributed by atoms with Gasteiger partial charge < -0.3 is 9.47 Å². The van der Waals surface area contributed by atoms with Gasteiger partial charge in [0.1, 0.15) is 11.5 Å². The topological polar surface area (TPSA) is 18.5 Å². The number of unbranched alkanes of at least 4 members (excludes halogenated alkanes) is 10. The van der Waals surface area contributed by atoms with Gasteiger partial charge in [0.15, 0.2) is 0 Å². The average Bonchev–Trinajstić information content (AvgIpc) is 3.69. The van der Waals surface area contributed by atoms with E-state index >= 15 is 0 Å². The van der Waals surface area contributed by atoms with Crippen molar-refractivity contribution in [3.05, 3.63) is 156 Å². The number of ether oxygens (including phenoxy) is 2. The molecule has 2 nitrogen and oxygen atoms in total. The molecule has 6 aromatic rings. The van der Waals surface area contributed by atoms with Crippen LogP contribution in [-0.2, 0) is 5.41 Å². The predicted octanol–water partition coefficient (Wildman–Crippen LogP) is 14.8. The van der Waals surface area contributed by atoms with E-state index in [4.69, 9.17) is 9.47 Å². The standard InChI is InChI=1S/C53H56O2/c1-3-5-7-9-11-19-33-54-43-27-31-49-47(37-43)48-38-44(55-34-20-12-10-8-6-4-2)28-32-50(48)53(49)51-35-41(39-21-15-13-16-22-39)25-29-45(51)46-30-26-42(36-52(46)53)40-23-17-14-18-24-40/h13-18,21-32,35-38H,3-12,19-20,33-34H2,1-2H3. The number of benzene rings is 6. The number of fused-ring (bicyclic) bond motifs is 10. The zero-order chi connectivity index (χ0) is 37.5. The highest BCUT2D eigenvalue weighted by molar-refractivity contribution is 5.97. The Morgan fingerprint density at radius 3 is 1.20 bits per heavy atom. The van der Waals surface area contributed by atoms with Gasteiger partial charge >= 0.3 is 0 Å². The molecule has 0 saturated heterocycles. The van der Waals surface area contributed by atoms with Gasteiger partial charge in [-0.3, -0.25) is 0 Å². The molecule has 0 N–H and O–H groups in total. The number of hydrogen-bond acceptors (Lipinski definition) is 2. The first-order valence-corrected chi connectivity index (χ1v) is 21.2. The highest BCUT2D eigenvalue weighted by Gasteiger charge is 2.52. The van der Waals surface area contributed by atoms with Crippen molar-refractivity contribution in [1.29, 1.82) is 0 Å². The zero-order valence-corrected chi connectivity index (χ0v) is 32.9. The lowest BCUT2D eigenvalue weighted by Gasteiger charge is -2.31. The Balaban J connectivity index is 1.24. The predicted molar refractivity (Wildman–Crippen MR) is 231 cm³/mol. The van der Waals surface area contributed by atoms with Crippen molar-refractivity contribution in [3.8, 4) is 56.0 Å². The summed E-state index contributed by atoms with van der Waals surface area (Å²) in [7, 11) is 0. The summed E-state index contributed by atoms with van der Waals surface area (Å²) < 4.78 is 13.0. The van der Waals surface area contributed by atoms with Gasteiger partial charge in [-0.15, -0.1) is 0 Å². The lowest BCUT2D eigenvalue weighted by molar-refractivity contribution is 0.304. The molecule has 0 aliphatic heterocycles. The van der Waals surface area contributed by atoms with E-state index in [0.717, 1.165) is 37.6 Å². The maximum atomic E-state index is 6.52. The smallest absolute Gasteiger partial charge is 0.119 e. The van der Waals surface area contributed by atoms with Crippen LogP contribution in [0.3, 0.4) is 0 Å². The summed E-state index contributed by atoms with van der Waals surface area (Å²) in [6, 6.07) is 49.7. The van der Waals surface area contributed by atoms with Crippen molar-refractivity contribution in [3.63, 3.8) is 0 Å². The summed E-state index contributed by atoms with van der Waals surface area (Å²) in [6.07, 6.45) is 15.0. The molecule has 0 unspecified atom stereocenters. The summed E-state index contributed by atoms with van der Waals surface area (Å²) in [6.45, 7) is 6.04. The first kappa shape index (κ1) is 36.9. The molecule has 0 heterocycles. The minimum absolute atomic E-state index is 0.486. The molecule has 0 amide bonds. The van der Waals surface area contributed by atoms with Crippen molar-refractivity contribution in [1.82, 2.24) is 0 Å². The molecular weight excluding hydrogens is 669 g/mol. The quantitative estimate of drug-likeness (QED) is 0.0820. The maximum Gasteiger partial charge on any atom is 0.119 e. The van der Waals surface area contributed by atoms with Crippen LogP contribution in [0.15, 0.2) is 133 Å². The molecule has 6 aromatic carbocycles. The van der Waals surface area contributed by atoms with Crippen LogP contribution in [-0.4, -0.2) is 13.2 Å². The second-order valence-corrected chi connectivity index (χ2v) is 15.7. The van der Waals surface area contributed by atoms with E-state index < -0.39 is 5.41 Å². The van der Waals surface area contributed by atoms with E-state index in [9.17, 15) is 0 Å². The molecule has 1 spiro atoms. The Morgan fingerprint density at radius 1 is 0.345 bits per heavy atom.